The first-order chi connectivity index (χ1) is 4.62. The van der Waals surface area contributed by atoms with Crippen molar-refractivity contribution >= 4 is 8.48 Å². The molecule has 0 rings (SSSR count). The van der Waals surface area contributed by atoms with E-state index in [1.807, 2.05) is 13.5 Å². The number of hydrogen-bond donors (Lipinski definition) is 3. The highest BCUT2D eigenvalue weighted by Crippen LogP contribution is 1.97. The SMILES string of the molecule is CC[Si](C)(O)NCCCN. The minimum absolute atomic E-state index is 0.696. The van der Waals surface area contributed by atoms with Crippen LogP contribution in [0.5, 0.6) is 0 Å². The van der Waals surface area contributed by atoms with Gasteiger partial charge in [0, 0.05) is 0 Å². The molecule has 0 aliphatic rings. The van der Waals surface area contributed by atoms with E-state index in [4.69, 9.17) is 5.73 Å². The van der Waals surface area contributed by atoms with Crippen molar-refractivity contribution in [2.75, 3.05) is 13.1 Å². The van der Waals surface area contributed by atoms with Gasteiger partial charge in [-0.25, -0.2) is 0 Å². The molecule has 1 atom stereocenters. The maximum atomic E-state index is 9.54. The molecule has 0 aromatic carbocycles. The van der Waals surface area contributed by atoms with Crippen molar-refractivity contribution in [3.63, 3.8) is 0 Å². The Hall–Kier alpha value is 0.0969. The highest BCUT2D eigenvalue weighted by Gasteiger charge is 2.19. The first-order valence-corrected chi connectivity index (χ1v) is 6.45. The summed E-state index contributed by atoms with van der Waals surface area (Å²) in [4.78, 5) is 12.7. The lowest BCUT2D eigenvalue weighted by Gasteiger charge is -2.18. The second kappa shape index (κ2) is 4.84. The summed E-state index contributed by atoms with van der Waals surface area (Å²) in [6.07, 6.45) is 0.948. The molecule has 0 saturated carbocycles. The topological polar surface area (TPSA) is 58.3 Å². The highest BCUT2D eigenvalue weighted by molar-refractivity contribution is 6.68. The molecule has 0 aliphatic carbocycles. The molecule has 0 aliphatic heterocycles. The van der Waals surface area contributed by atoms with Gasteiger partial charge in [0.15, 0.2) is 0 Å². The molecule has 4 heteroatoms. The highest BCUT2D eigenvalue weighted by atomic mass is 28.4. The summed E-state index contributed by atoms with van der Waals surface area (Å²) in [5.74, 6) is 0. The number of rotatable bonds is 5. The van der Waals surface area contributed by atoms with Crippen LogP contribution in [0.3, 0.4) is 0 Å². The summed E-state index contributed by atoms with van der Waals surface area (Å²) in [5, 5.41) is 0. The summed E-state index contributed by atoms with van der Waals surface area (Å²) in [6, 6.07) is 0.859. The molecule has 62 valence electrons. The monoisotopic (exact) mass is 162 g/mol. The zero-order valence-corrected chi connectivity index (χ0v) is 7.85. The van der Waals surface area contributed by atoms with Gasteiger partial charge in [-0.1, -0.05) is 6.92 Å². The summed E-state index contributed by atoms with van der Waals surface area (Å²) >= 11 is 0. The van der Waals surface area contributed by atoms with Crippen LogP contribution in [0.2, 0.25) is 12.6 Å². The minimum atomic E-state index is -2.02. The molecular weight excluding hydrogens is 144 g/mol. The van der Waals surface area contributed by atoms with Gasteiger partial charge in [0.1, 0.15) is 0 Å². The predicted molar refractivity (Wildman–Crippen MR) is 46.0 cm³/mol. The molecule has 0 amide bonds. The van der Waals surface area contributed by atoms with Gasteiger partial charge in [-0.05, 0) is 32.1 Å². The fourth-order valence-corrected chi connectivity index (χ4v) is 1.55. The van der Waals surface area contributed by atoms with Gasteiger partial charge < -0.3 is 15.5 Å². The van der Waals surface area contributed by atoms with Crippen LogP contribution in [0, 0.1) is 0 Å². The molecule has 0 spiro atoms. The fraction of sp³-hybridized carbons (Fsp3) is 1.00. The third kappa shape index (κ3) is 4.93. The van der Waals surface area contributed by atoms with Crippen LogP contribution < -0.4 is 10.7 Å². The quantitative estimate of drug-likeness (QED) is 0.394. The molecule has 4 N–H and O–H groups in total. The maximum absolute atomic E-state index is 9.54. The van der Waals surface area contributed by atoms with Crippen LogP contribution in [0.4, 0.5) is 0 Å². The maximum Gasteiger partial charge on any atom is 0.262 e. The third-order valence-corrected chi connectivity index (χ3v) is 3.96. The van der Waals surface area contributed by atoms with E-state index in [2.05, 4.69) is 4.98 Å². The van der Waals surface area contributed by atoms with Gasteiger partial charge >= 0.3 is 0 Å². The Balaban J connectivity index is 3.28. The van der Waals surface area contributed by atoms with Crippen LogP contribution in [-0.4, -0.2) is 26.4 Å². The van der Waals surface area contributed by atoms with Crippen molar-refractivity contribution in [3.8, 4) is 0 Å². The van der Waals surface area contributed by atoms with Crippen LogP contribution >= 0.6 is 0 Å². The van der Waals surface area contributed by atoms with Gasteiger partial charge in [-0.2, -0.15) is 0 Å². The Morgan fingerprint density at radius 3 is 2.60 bits per heavy atom. The van der Waals surface area contributed by atoms with Crippen LogP contribution in [0.1, 0.15) is 13.3 Å². The average molecular weight is 162 g/mol. The van der Waals surface area contributed by atoms with E-state index in [9.17, 15) is 4.80 Å². The van der Waals surface area contributed by atoms with Gasteiger partial charge in [0.05, 0.1) is 0 Å². The van der Waals surface area contributed by atoms with Crippen LogP contribution in [0.15, 0.2) is 0 Å². The molecule has 0 heterocycles. The smallest absolute Gasteiger partial charge is 0.262 e. The molecule has 0 radical (unpaired) electrons. The lowest BCUT2D eigenvalue weighted by Crippen LogP contribution is -2.47. The molecule has 0 saturated heterocycles. The second-order valence-electron chi connectivity index (χ2n) is 2.70. The van der Waals surface area contributed by atoms with Gasteiger partial charge in [0.2, 0.25) is 0 Å². The number of nitrogens with two attached hydrogens (primary N) is 1. The molecular formula is C6H18N2OSi. The van der Waals surface area contributed by atoms with E-state index in [0.717, 1.165) is 19.0 Å². The van der Waals surface area contributed by atoms with Crippen LogP contribution in [-0.2, 0) is 0 Å². The lowest BCUT2D eigenvalue weighted by molar-refractivity contribution is 0.512. The standard InChI is InChI=1S/C6H18N2OSi/c1-3-10(2,9)8-6-4-5-7/h8-9H,3-7H2,1-2H3. The van der Waals surface area contributed by atoms with E-state index in [-0.39, 0.29) is 0 Å². The van der Waals surface area contributed by atoms with Crippen LogP contribution in [0.25, 0.3) is 0 Å². The van der Waals surface area contributed by atoms with E-state index in [1.54, 1.807) is 0 Å². The van der Waals surface area contributed by atoms with Crippen molar-refractivity contribution in [3.05, 3.63) is 0 Å². The third-order valence-electron chi connectivity index (χ3n) is 1.58. The molecule has 10 heavy (non-hydrogen) atoms. The Labute approximate surface area is 63.8 Å². The summed E-state index contributed by atoms with van der Waals surface area (Å²) < 4.78 is 0. The lowest BCUT2D eigenvalue weighted by atomic mass is 10.4. The van der Waals surface area contributed by atoms with Crippen molar-refractivity contribution < 1.29 is 4.80 Å². The van der Waals surface area contributed by atoms with E-state index >= 15 is 0 Å². The average Bonchev–Trinajstić information content (AvgIpc) is 1.89. The fourth-order valence-electron chi connectivity index (χ4n) is 0.585. The minimum Gasteiger partial charge on any atom is -0.419 e. The van der Waals surface area contributed by atoms with Crippen molar-refractivity contribution in [1.82, 2.24) is 4.98 Å². The van der Waals surface area contributed by atoms with Crippen molar-refractivity contribution in [2.24, 2.45) is 5.73 Å². The largest absolute Gasteiger partial charge is 0.419 e. The second-order valence-corrected chi connectivity index (χ2v) is 6.30. The Morgan fingerprint density at radius 1 is 1.60 bits per heavy atom. The Bertz CT molecular complexity index is 87.8. The Morgan fingerprint density at radius 2 is 2.20 bits per heavy atom. The molecule has 0 aromatic rings. The molecule has 1 unspecified atom stereocenters. The predicted octanol–water partition coefficient (Wildman–Crippen LogP) is 0.00900. The van der Waals surface area contributed by atoms with E-state index < -0.39 is 8.48 Å². The van der Waals surface area contributed by atoms with Gasteiger partial charge in [-0.15, -0.1) is 0 Å². The number of hydrogen-bond acceptors (Lipinski definition) is 3. The zero-order chi connectivity index (χ0) is 8.04. The summed E-state index contributed by atoms with van der Waals surface area (Å²) in [6.45, 7) is 5.45. The normalized spacial score (nSPS) is 16.8. The molecule has 3 nitrogen and oxygen atoms in total. The molecule has 0 fully saturated rings. The van der Waals surface area contributed by atoms with Crippen molar-refractivity contribution in [1.29, 1.82) is 0 Å². The van der Waals surface area contributed by atoms with E-state index in [1.165, 1.54) is 0 Å². The Kier molecular flexibility index (Phi) is 4.89. The van der Waals surface area contributed by atoms with Crippen molar-refractivity contribution in [2.45, 2.75) is 25.9 Å². The summed E-state index contributed by atoms with van der Waals surface area (Å²) in [5.41, 5.74) is 5.29. The van der Waals surface area contributed by atoms with Gasteiger partial charge in [0.25, 0.3) is 8.48 Å². The first-order valence-electron chi connectivity index (χ1n) is 3.80. The number of nitrogens with one attached hydrogen (secondary N) is 1. The van der Waals surface area contributed by atoms with Gasteiger partial charge in [-0.3, -0.25) is 0 Å². The zero-order valence-electron chi connectivity index (χ0n) is 6.85. The molecule has 0 bridgehead atoms. The molecule has 0 aromatic heterocycles. The van der Waals surface area contributed by atoms with E-state index in [0.29, 0.717) is 6.54 Å². The first kappa shape index (κ1) is 10.1. The summed E-state index contributed by atoms with van der Waals surface area (Å²) in [7, 11) is -2.02.